The topological polar surface area (TPSA) is 44.7 Å². The van der Waals surface area contributed by atoms with E-state index in [1.165, 1.54) is 32.1 Å². The third-order valence-electron chi connectivity index (χ3n) is 4.90. The first-order valence-electron chi connectivity index (χ1n) is 8.12. The average molecular weight is 290 g/mol. The summed E-state index contributed by atoms with van der Waals surface area (Å²) >= 11 is 0. The van der Waals surface area contributed by atoms with Gasteiger partial charge in [0.05, 0.1) is 7.11 Å². The molecule has 4 heteroatoms. The molecule has 0 aliphatic carbocycles. The Morgan fingerprint density at radius 1 is 1.29 bits per heavy atom. The van der Waals surface area contributed by atoms with Gasteiger partial charge in [0, 0.05) is 24.2 Å². The molecule has 3 rings (SSSR count). The molecular formula is C17H26N2O2. The van der Waals surface area contributed by atoms with E-state index in [0.717, 1.165) is 25.2 Å². The Morgan fingerprint density at radius 3 is 2.95 bits per heavy atom. The van der Waals surface area contributed by atoms with E-state index in [9.17, 15) is 5.11 Å². The third kappa shape index (κ3) is 3.16. The fourth-order valence-corrected chi connectivity index (χ4v) is 3.79. The van der Waals surface area contributed by atoms with Gasteiger partial charge in [0.2, 0.25) is 0 Å². The Hall–Kier alpha value is -1.26. The van der Waals surface area contributed by atoms with Crippen molar-refractivity contribution in [2.75, 3.05) is 20.2 Å². The molecule has 0 amide bonds. The summed E-state index contributed by atoms with van der Waals surface area (Å²) in [6.07, 6.45) is 6.42. The number of hydrogen-bond donors (Lipinski definition) is 2. The van der Waals surface area contributed by atoms with Crippen molar-refractivity contribution >= 4 is 0 Å². The van der Waals surface area contributed by atoms with E-state index in [-0.39, 0.29) is 0 Å². The van der Waals surface area contributed by atoms with Gasteiger partial charge in [-0.05, 0) is 44.8 Å². The minimum Gasteiger partial charge on any atom is -0.504 e. The number of piperidine rings is 1. The molecule has 116 valence electrons. The van der Waals surface area contributed by atoms with Gasteiger partial charge >= 0.3 is 0 Å². The van der Waals surface area contributed by atoms with E-state index < -0.39 is 0 Å². The van der Waals surface area contributed by atoms with Crippen molar-refractivity contribution in [1.29, 1.82) is 0 Å². The highest BCUT2D eigenvalue weighted by Crippen LogP contribution is 2.32. The maximum absolute atomic E-state index is 10.3. The van der Waals surface area contributed by atoms with Crippen LogP contribution >= 0.6 is 0 Å². The number of phenolic OH excluding ortho intramolecular Hbond substituents is 1. The van der Waals surface area contributed by atoms with Crippen LogP contribution in [0.4, 0.5) is 0 Å². The molecule has 2 aliphatic rings. The summed E-state index contributed by atoms with van der Waals surface area (Å²) in [5.74, 6) is 0.865. The maximum Gasteiger partial charge on any atom is 0.162 e. The van der Waals surface area contributed by atoms with Crippen LogP contribution in [-0.4, -0.2) is 42.3 Å². The van der Waals surface area contributed by atoms with Crippen LogP contribution in [-0.2, 0) is 6.54 Å². The lowest BCUT2D eigenvalue weighted by Gasteiger charge is -2.39. The Labute approximate surface area is 127 Å². The lowest BCUT2D eigenvalue weighted by molar-refractivity contribution is 0.111. The van der Waals surface area contributed by atoms with E-state index in [4.69, 9.17) is 4.74 Å². The summed E-state index contributed by atoms with van der Waals surface area (Å²) in [4.78, 5) is 2.54. The Kier molecular flexibility index (Phi) is 4.66. The first-order chi connectivity index (χ1) is 10.3. The number of ether oxygens (including phenoxy) is 1. The highest BCUT2D eigenvalue weighted by atomic mass is 16.5. The minimum absolute atomic E-state index is 0.295. The van der Waals surface area contributed by atoms with Gasteiger partial charge in [-0.1, -0.05) is 18.6 Å². The average Bonchev–Trinajstić information content (AvgIpc) is 3.04. The predicted molar refractivity (Wildman–Crippen MR) is 83.7 cm³/mol. The number of likely N-dealkylation sites (tertiary alicyclic amines) is 1. The van der Waals surface area contributed by atoms with Crippen molar-refractivity contribution < 1.29 is 9.84 Å². The summed E-state index contributed by atoms with van der Waals surface area (Å²) < 4.78 is 5.22. The predicted octanol–water partition coefficient (Wildman–Crippen LogP) is 2.51. The van der Waals surface area contributed by atoms with Gasteiger partial charge in [-0.3, -0.25) is 4.90 Å². The van der Waals surface area contributed by atoms with Gasteiger partial charge in [0.1, 0.15) is 0 Å². The Morgan fingerprint density at radius 2 is 2.19 bits per heavy atom. The van der Waals surface area contributed by atoms with E-state index in [2.05, 4.69) is 10.2 Å². The van der Waals surface area contributed by atoms with Gasteiger partial charge in [0.25, 0.3) is 0 Å². The second kappa shape index (κ2) is 6.67. The van der Waals surface area contributed by atoms with Gasteiger partial charge in [-0.15, -0.1) is 0 Å². The van der Waals surface area contributed by atoms with Crippen LogP contribution in [0.5, 0.6) is 11.5 Å². The lowest BCUT2D eigenvalue weighted by atomic mass is 9.94. The number of hydrogen-bond acceptors (Lipinski definition) is 4. The zero-order valence-electron chi connectivity index (χ0n) is 12.8. The summed E-state index contributed by atoms with van der Waals surface area (Å²) in [5.41, 5.74) is 0.972. The van der Waals surface area contributed by atoms with Gasteiger partial charge in [-0.25, -0.2) is 0 Å². The summed E-state index contributed by atoms with van der Waals surface area (Å²) in [7, 11) is 1.60. The van der Waals surface area contributed by atoms with Crippen molar-refractivity contribution in [2.24, 2.45) is 0 Å². The minimum atomic E-state index is 0.295. The van der Waals surface area contributed by atoms with Crippen LogP contribution in [0, 0.1) is 0 Å². The van der Waals surface area contributed by atoms with Crippen LogP contribution in [0.15, 0.2) is 18.2 Å². The molecule has 2 saturated heterocycles. The SMILES string of the molecule is COc1cccc(CN2CCCCC2C2CCCN2)c1O. The van der Waals surface area contributed by atoms with Crippen LogP contribution in [0.3, 0.4) is 0 Å². The Bertz CT molecular complexity index is 472. The number of aromatic hydroxyl groups is 1. The maximum atomic E-state index is 10.3. The van der Waals surface area contributed by atoms with Crippen molar-refractivity contribution in [3.8, 4) is 11.5 Å². The number of para-hydroxylation sites is 1. The molecule has 0 bridgehead atoms. The van der Waals surface area contributed by atoms with E-state index >= 15 is 0 Å². The highest BCUT2D eigenvalue weighted by molar-refractivity contribution is 5.45. The van der Waals surface area contributed by atoms with Gasteiger partial charge < -0.3 is 15.2 Å². The summed E-state index contributed by atoms with van der Waals surface area (Å²) in [5, 5.41) is 14.0. The molecule has 1 aromatic carbocycles. The van der Waals surface area contributed by atoms with Gasteiger partial charge in [0.15, 0.2) is 11.5 Å². The number of nitrogens with one attached hydrogen (secondary N) is 1. The smallest absolute Gasteiger partial charge is 0.162 e. The van der Waals surface area contributed by atoms with Crippen LogP contribution in [0.25, 0.3) is 0 Å². The monoisotopic (exact) mass is 290 g/mol. The largest absolute Gasteiger partial charge is 0.504 e. The number of phenols is 1. The van der Waals surface area contributed by atoms with E-state index in [0.29, 0.717) is 23.6 Å². The van der Waals surface area contributed by atoms with Crippen molar-refractivity contribution in [1.82, 2.24) is 10.2 Å². The van der Waals surface area contributed by atoms with Crippen molar-refractivity contribution in [2.45, 2.75) is 50.7 Å². The van der Waals surface area contributed by atoms with Crippen LogP contribution in [0.2, 0.25) is 0 Å². The number of nitrogens with zero attached hydrogens (tertiary/aromatic N) is 1. The molecule has 0 spiro atoms. The first-order valence-corrected chi connectivity index (χ1v) is 8.12. The lowest BCUT2D eigenvalue weighted by Crippen LogP contribution is -2.49. The second-order valence-electron chi connectivity index (χ2n) is 6.20. The number of benzene rings is 1. The fourth-order valence-electron chi connectivity index (χ4n) is 3.79. The zero-order chi connectivity index (χ0) is 14.7. The highest BCUT2D eigenvalue weighted by Gasteiger charge is 2.31. The molecule has 2 unspecified atom stereocenters. The number of methoxy groups -OCH3 is 1. The first kappa shape index (κ1) is 14.7. The molecule has 1 aromatic rings. The summed E-state index contributed by atoms with van der Waals surface area (Å²) in [6, 6.07) is 7.00. The Balaban J connectivity index is 1.75. The third-order valence-corrected chi connectivity index (χ3v) is 4.90. The molecule has 2 heterocycles. The summed E-state index contributed by atoms with van der Waals surface area (Å²) in [6.45, 7) is 3.09. The molecule has 0 aromatic heterocycles. The molecule has 21 heavy (non-hydrogen) atoms. The molecular weight excluding hydrogens is 264 g/mol. The van der Waals surface area contributed by atoms with Gasteiger partial charge in [-0.2, -0.15) is 0 Å². The van der Waals surface area contributed by atoms with E-state index in [1.54, 1.807) is 7.11 Å². The second-order valence-corrected chi connectivity index (χ2v) is 6.20. The van der Waals surface area contributed by atoms with Crippen LogP contribution < -0.4 is 10.1 Å². The molecule has 2 atom stereocenters. The van der Waals surface area contributed by atoms with Crippen molar-refractivity contribution in [3.63, 3.8) is 0 Å². The molecule has 4 nitrogen and oxygen atoms in total. The van der Waals surface area contributed by atoms with E-state index in [1.807, 2.05) is 18.2 Å². The molecule has 2 N–H and O–H groups in total. The fraction of sp³-hybridized carbons (Fsp3) is 0.647. The molecule has 2 fully saturated rings. The zero-order valence-corrected chi connectivity index (χ0v) is 12.8. The normalized spacial score (nSPS) is 26.9. The molecule has 0 saturated carbocycles. The number of rotatable bonds is 4. The quantitative estimate of drug-likeness (QED) is 0.894. The standard InChI is InChI=1S/C17H26N2O2/c1-21-16-9-4-6-13(17(16)20)12-19-11-3-2-8-15(19)14-7-5-10-18-14/h4,6,9,14-15,18,20H,2-3,5,7-8,10-12H2,1H3. The van der Waals surface area contributed by atoms with Crippen molar-refractivity contribution in [3.05, 3.63) is 23.8 Å². The van der Waals surface area contributed by atoms with Crippen LogP contribution in [0.1, 0.15) is 37.7 Å². The molecule has 0 radical (unpaired) electrons. The molecule has 2 aliphatic heterocycles.